The molecule has 0 atom stereocenters. The number of hydrogen-bond acceptors (Lipinski definition) is 4. The first kappa shape index (κ1) is 12.4. The van der Waals surface area contributed by atoms with Gasteiger partial charge >= 0.3 is 0 Å². The molecule has 0 aliphatic rings. The van der Waals surface area contributed by atoms with E-state index in [1.165, 1.54) is 0 Å². The highest BCUT2D eigenvalue weighted by molar-refractivity contribution is 5.90. The van der Waals surface area contributed by atoms with Crippen molar-refractivity contribution < 1.29 is 9.53 Å². The molecule has 88 valence electrons. The molecule has 1 aromatic heterocycles. The second-order valence-corrected chi connectivity index (χ2v) is 3.25. The van der Waals surface area contributed by atoms with E-state index >= 15 is 0 Å². The molecule has 0 radical (unpaired) electrons. The van der Waals surface area contributed by atoms with Crippen molar-refractivity contribution in [1.29, 1.82) is 0 Å². The first-order valence-corrected chi connectivity index (χ1v) is 5.25. The van der Waals surface area contributed by atoms with E-state index < -0.39 is 0 Å². The van der Waals surface area contributed by atoms with E-state index in [-0.39, 0.29) is 5.91 Å². The summed E-state index contributed by atoms with van der Waals surface area (Å²) < 4.78 is 4.91. The summed E-state index contributed by atoms with van der Waals surface area (Å²) in [7, 11) is 1.65. The van der Waals surface area contributed by atoms with Crippen molar-refractivity contribution >= 4 is 17.4 Å². The van der Waals surface area contributed by atoms with Crippen LogP contribution in [0.4, 0.5) is 11.5 Å². The Bertz CT molecular complexity index is 325. The molecule has 1 heterocycles. The van der Waals surface area contributed by atoms with Gasteiger partial charge in [-0.2, -0.15) is 0 Å². The topological polar surface area (TPSA) is 63.2 Å². The van der Waals surface area contributed by atoms with Gasteiger partial charge in [0.05, 0.1) is 18.5 Å². The maximum atomic E-state index is 11.1. The summed E-state index contributed by atoms with van der Waals surface area (Å²) in [4.78, 5) is 15.3. The number of aromatic nitrogens is 1. The normalized spacial score (nSPS) is 9.88. The van der Waals surface area contributed by atoms with Gasteiger partial charge in [0.1, 0.15) is 5.82 Å². The molecule has 0 spiro atoms. The number of carbonyl (C=O) groups is 1. The monoisotopic (exact) mass is 223 g/mol. The molecular weight excluding hydrogens is 206 g/mol. The van der Waals surface area contributed by atoms with E-state index in [4.69, 9.17) is 4.74 Å². The number of pyridine rings is 1. The third-order valence-corrected chi connectivity index (χ3v) is 1.98. The van der Waals surface area contributed by atoms with Gasteiger partial charge in [-0.1, -0.05) is 6.92 Å². The predicted octanol–water partition coefficient (Wildman–Crippen LogP) is 1.49. The molecule has 0 aromatic carbocycles. The minimum absolute atomic E-state index is 0.0121. The van der Waals surface area contributed by atoms with Crippen LogP contribution in [0.2, 0.25) is 0 Å². The number of anilines is 2. The summed E-state index contributed by atoms with van der Waals surface area (Å²) in [5.41, 5.74) is 0.712. The van der Waals surface area contributed by atoms with Gasteiger partial charge in [-0.05, 0) is 12.1 Å². The standard InChI is InChI=1S/C11H17N3O2/c1-3-11(15)14-9-4-5-10(13-8-9)12-6-7-16-2/h4-5,8H,3,6-7H2,1-2H3,(H,12,13)(H,14,15). The van der Waals surface area contributed by atoms with Crippen molar-refractivity contribution in [3.63, 3.8) is 0 Å². The van der Waals surface area contributed by atoms with E-state index in [1.807, 2.05) is 19.1 Å². The zero-order valence-electron chi connectivity index (χ0n) is 9.62. The zero-order valence-corrected chi connectivity index (χ0v) is 9.62. The molecule has 16 heavy (non-hydrogen) atoms. The highest BCUT2D eigenvalue weighted by Crippen LogP contribution is 2.09. The lowest BCUT2D eigenvalue weighted by molar-refractivity contribution is -0.115. The van der Waals surface area contributed by atoms with Crippen LogP contribution in [0.1, 0.15) is 13.3 Å². The molecule has 1 rings (SSSR count). The average Bonchev–Trinajstić information content (AvgIpc) is 2.31. The van der Waals surface area contributed by atoms with Crippen molar-refractivity contribution in [3.05, 3.63) is 18.3 Å². The van der Waals surface area contributed by atoms with Crippen LogP contribution in [0.3, 0.4) is 0 Å². The van der Waals surface area contributed by atoms with Gasteiger partial charge in [-0.15, -0.1) is 0 Å². The van der Waals surface area contributed by atoms with Crippen molar-refractivity contribution in [1.82, 2.24) is 4.98 Å². The fourth-order valence-electron chi connectivity index (χ4n) is 1.10. The molecule has 0 aliphatic heterocycles. The number of rotatable bonds is 6. The van der Waals surface area contributed by atoms with Gasteiger partial charge in [0.2, 0.25) is 5.91 Å². The number of carbonyl (C=O) groups excluding carboxylic acids is 1. The second-order valence-electron chi connectivity index (χ2n) is 3.25. The molecule has 0 unspecified atom stereocenters. The van der Waals surface area contributed by atoms with Gasteiger partial charge in [-0.3, -0.25) is 4.79 Å². The van der Waals surface area contributed by atoms with Crippen LogP contribution >= 0.6 is 0 Å². The fraction of sp³-hybridized carbons (Fsp3) is 0.455. The van der Waals surface area contributed by atoms with Gasteiger partial charge in [0, 0.05) is 20.1 Å². The highest BCUT2D eigenvalue weighted by Gasteiger charge is 1.99. The van der Waals surface area contributed by atoms with Gasteiger partial charge in [-0.25, -0.2) is 4.98 Å². The van der Waals surface area contributed by atoms with Gasteiger partial charge in [0.25, 0.3) is 0 Å². The Balaban J connectivity index is 2.44. The molecule has 0 aliphatic carbocycles. The fourth-order valence-corrected chi connectivity index (χ4v) is 1.10. The Morgan fingerprint density at radius 2 is 2.31 bits per heavy atom. The number of nitrogens with one attached hydrogen (secondary N) is 2. The first-order chi connectivity index (χ1) is 7.76. The number of methoxy groups -OCH3 is 1. The number of nitrogens with zero attached hydrogens (tertiary/aromatic N) is 1. The lowest BCUT2D eigenvalue weighted by Gasteiger charge is -2.06. The van der Waals surface area contributed by atoms with Gasteiger partial charge in [0.15, 0.2) is 0 Å². The predicted molar refractivity (Wildman–Crippen MR) is 63.5 cm³/mol. The smallest absolute Gasteiger partial charge is 0.224 e. The summed E-state index contributed by atoms with van der Waals surface area (Å²) in [5.74, 6) is 0.758. The highest BCUT2D eigenvalue weighted by atomic mass is 16.5. The Labute approximate surface area is 95.2 Å². The summed E-state index contributed by atoms with van der Waals surface area (Å²) in [5, 5.41) is 5.82. The lowest BCUT2D eigenvalue weighted by Crippen LogP contribution is -2.11. The molecule has 2 N–H and O–H groups in total. The third-order valence-electron chi connectivity index (χ3n) is 1.98. The van der Waals surface area contributed by atoms with E-state index in [0.717, 1.165) is 5.82 Å². The van der Waals surface area contributed by atoms with Gasteiger partial charge < -0.3 is 15.4 Å². The van der Waals surface area contributed by atoms with Crippen molar-refractivity contribution in [3.8, 4) is 0 Å². The largest absolute Gasteiger partial charge is 0.383 e. The van der Waals surface area contributed by atoms with Crippen LogP contribution in [0, 0.1) is 0 Å². The van der Waals surface area contributed by atoms with Crippen LogP contribution in [-0.4, -0.2) is 31.2 Å². The van der Waals surface area contributed by atoms with Crippen LogP contribution in [0.25, 0.3) is 0 Å². The zero-order chi connectivity index (χ0) is 11.8. The third kappa shape index (κ3) is 4.27. The molecule has 0 bridgehead atoms. The Morgan fingerprint density at radius 1 is 1.50 bits per heavy atom. The SMILES string of the molecule is CCC(=O)Nc1ccc(NCCOC)nc1. The molecule has 0 fully saturated rings. The van der Waals surface area contributed by atoms with Crippen LogP contribution in [-0.2, 0) is 9.53 Å². The molecule has 0 saturated heterocycles. The van der Waals surface area contributed by atoms with Crippen LogP contribution in [0.15, 0.2) is 18.3 Å². The number of amides is 1. The van der Waals surface area contributed by atoms with E-state index in [9.17, 15) is 4.79 Å². The summed E-state index contributed by atoms with van der Waals surface area (Å²) in [6.45, 7) is 3.16. The van der Waals surface area contributed by atoms with E-state index in [1.54, 1.807) is 13.3 Å². The molecular formula is C11H17N3O2. The van der Waals surface area contributed by atoms with Crippen molar-refractivity contribution in [2.75, 3.05) is 30.9 Å². The van der Waals surface area contributed by atoms with E-state index in [0.29, 0.717) is 25.3 Å². The summed E-state index contributed by atoms with van der Waals surface area (Å²) in [6, 6.07) is 3.64. The minimum atomic E-state index is -0.0121. The molecule has 5 nitrogen and oxygen atoms in total. The Morgan fingerprint density at radius 3 is 2.88 bits per heavy atom. The molecule has 5 heteroatoms. The van der Waals surface area contributed by atoms with Crippen LogP contribution < -0.4 is 10.6 Å². The second kappa shape index (κ2) is 6.79. The van der Waals surface area contributed by atoms with E-state index in [2.05, 4.69) is 15.6 Å². The van der Waals surface area contributed by atoms with Crippen LogP contribution in [0.5, 0.6) is 0 Å². The summed E-state index contributed by atoms with van der Waals surface area (Å²) in [6.07, 6.45) is 2.09. The Hall–Kier alpha value is -1.62. The quantitative estimate of drug-likeness (QED) is 0.717. The summed E-state index contributed by atoms with van der Waals surface area (Å²) >= 11 is 0. The minimum Gasteiger partial charge on any atom is -0.383 e. The maximum Gasteiger partial charge on any atom is 0.224 e. The molecule has 1 amide bonds. The Kier molecular flexibility index (Phi) is 5.28. The lowest BCUT2D eigenvalue weighted by atomic mass is 10.3. The average molecular weight is 223 g/mol. The number of ether oxygens (including phenoxy) is 1. The maximum absolute atomic E-state index is 11.1. The number of hydrogen-bond donors (Lipinski definition) is 2. The van der Waals surface area contributed by atoms with Crippen molar-refractivity contribution in [2.24, 2.45) is 0 Å². The first-order valence-electron chi connectivity index (χ1n) is 5.25. The van der Waals surface area contributed by atoms with Crippen molar-refractivity contribution in [2.45, 2.75) is 13.3 Å². The molecule has 1 aromatic rings. The molecule has 0 saturated carbocycles.